The molecule has 2 N–H and O–H groups in total. The number of hydrogen-bond acceptors (Lipinski definition) is 5. The summed E-state index contributed by atoms with van der Waals surface area (Å²) in [6, 6.07) is 4.47. The molecule has 2 spiro atoms. The zero-order valence-electron chi connectivity index (χ0n) is 22.6. The highest BCUT2D eigenvalue weighted by atomic mass is 35.5. The van der Waals surface area contributed by atoms with Crippen LogP contribution in [-0.2, 0) is 16.6 Å². The van der Waals surface area contributed by atoms with E-state index in [-0.39, 0.29) is 46.4 Å². The lowest BCUT2D eigenvalue weighted by Gasteiger charge is -2.75. The molecule has 4 saturated carbocycles. The van der Waals surface area contributed by atoms with Crippen LogP contribution in [0.2, 0.25) is 0 Å². The Morgan fingerprint density at radius 1 is 1.14 bits per heavy atom. The van der Waals surface area contributed by atoms with Crippen LogP contribution in [0.4, 0.5) is 0 Å². The van der Waals surface area contributed by atoms with Gasteiger partial charge in [0.15, 0.2) is 11.5 Å². The Morgan fingerprint density at radius 3 is 2.56 bits per heavy atom. The molecule has 4 bridgehead atoms. The molecule has 8 rings (SSSR count). The Bertz CT molecular complexity index is 1080. The van der Waals surface area contributed by atoms with Gasteiger partial charge in [0.1, 0.15) is 11.7 Å². The van der Waals surface area contributed by atoms with E-state index < -0.39 is 11.2 Å². The first-order valence-corrected chi connectivity index (χ1v) is 14.0. The maximum absolute atomic E-state index is 12.2. The van der Waals surface area contributed by atoms with E-state index in [9.17, 15) is 10.2 Å². The van der Waals surface area contributed by atoms with E-state index in [2.05, 4.69) is 38.7 Å². The van der Waals surface area contributed by atoms with Crippen LogP contribution < -0.4 is 4.74 Å². The fraction of sp³-hybridized carbons (Fsp3) is 0.800. The van der Waals surface area contributed by atoms with Crippen LogP contribution in [0.1, 0.15) is 83.8 Å². The number of halogens is 1. The molecule has 7 aliphatic rings. The van der Waals surface area contributed by atoms with Crippen molar-refractivity contribution in [1.29, 1.82) is 0 Å². The fourth-order valence-corrected chi connectivity index (χ4v) is 10.3. The number of hydrogen-bond donors (Lipinski definition) is 2. The average molecular weight is 518 g/mol. The van der Waals surface area contributed by atoms with Gasteiger partial charge in [0.25, 0.3) is 0 Å². The smallest absolute Gasteiger partial charge is 0.165 e. The Balaban J connectivity index is 0.00000240. The van der Waals surface area contributed by atoms with E-state index in [0.717, 1.165) is 51.0 Å². The summed E-state index contributed by atoms with van der Waals surface area (Å²) in [5, 5.41) is 23.2. The van der Waals surface area contributed by atoms with Crippen molar-refractivity contribution in [3.8, 4) is 11.5 Å². The highest BCUT2D eigenvalue weighted by molar-refractivity contribution is 5.85. The second kappa shape index (κ2) is 7.55. The summed E-state index contributed by atoms with van der Waals surface area (Å²) in [6.07, 6.45) is 8.41. The van der Waals surface area contributed by atoms with E-state index in [1.807, 2.05) is 13.2 Å². The number of phenolic OH excluding ortho intramolecular Hbond substituents is 1. The maximum Gasteiger partial charge on any atom is 0.165 e. The minimum absolute atomic E-state index is 0. The summed E-state index contributed by atoms with van der Waals surface area (Å²) in [6.45, 7) is 11.0. The van der Waals surface area contributed by atoms with E-state index in [1.165, 1.54) is 30.5 Å². The number of methoxy groups -OCH3 is 1. The number of rotatable bonds is 5. The molecule has 5 nitrogen and oxygen atoms in total. The van der Waals surface area contributed by atoms with Gasteiger partial charge in [0.05, 0.1) is 5.60 Å². The average Bonchev–Trinajstić information content (AvgIpc) is 3.52. The first-order valence-electron chi connectivity index (χ1n) is 14.0. The fourth-order valence-electron chi connectivity index (χ4n) is 10.3. The molecule has 36 heavy (non-hydrogen) atoms. The predicted octanol–water partition coefficient (Wildman–Crippen LogP) is 5.23. The normalized spacial score (nSPS) is 41.8. The Labute approximate surface area is 222 Å². The Kier molecular flexibility index (Phi) is 5.30. The number of piperidine rings is 1. The van der Waals surface area contributed by atoms with Crippen molar-refractivity contribution in [2.24, 2.45) is 22.7 Å². The number of ether oxygens (including phenoxy) is 2. The van der Waals surface area contributed by atoms with E-state index >= 15 is 0 Å². The molecule has 5 fully saturated rings. The number of phenols is 1. The Morgan fingerprint density at radius 2 is 1.89 bits per heavy atom. The number of nitrogens with zero attached hydrogens (tertiary/aromatic N) is 1. The third kappa shape index (κ3) is 2.95. The SMILES string of the molecule is CO[C@]12CC[C@@]3(C[C@@H]1[C@](C)(O)CC(C)(C)C)[C@H]1Cc4ccc(O)c5c4[C@@]3(CCN1CC1CC1)[C@H]2O5.Cl. The summed E-state index contributed by atoms with van der Waals surface area (Å²) in [4.78, 5) is 2.83. The standard InChI is InChI=1S/C30H43NO4.ClH/c1-26(2,3)17-27(4,33)21-15-28-10-11-30(21,34-5)25-29(28)12-13-31(16-18-6-7-18)22(28)14-19-8-9-20(32)24(35-25)23(19)29;/h8-9,18,21-22,25,32-33H,6-7,10-17H2,1-5H3;1H/t21-,22-,25-,27-,28-,29+,30-;/m1./s1. The number of fused-ring (bicyclic) bond motifs is 2. The number of aromatic hydroxyl groups is 1. The first-order chi connectivity index (χ1) is 16.5. The molecule has 0 unspecified atom stereocenters. The zero-order valence-corrected chi connectivity index (χ0v) is 23.4. The summed E-state index contributed by atoms with van der Waals surface area (Å²) in [5.41, 5.74) is 1.16. The van der Waals surface area contributed by atoms with E-state index in [1.54, 1.807) is 0 Å². The lowest BCUT2D eigenvalue weighted by Crippen LogP contribution is -2.82. The third-order valence-corrected chi connectivity index (χ3v) is 11.3. The molecule has 1 saturated heterocycles. The van der Waals surface area contributed by atoms with Crippen LogP contribution in [0.3, 0.4) is 0 Å². The molecule has 0 aromatic heterocycles. The van der Waals surface area contributed by atoms with Crippen molar-refractivity contribution < 1.29 is 19.7 Å². The van der Waals surface area contributed by atoms with Gasteiger partial charge in [-0.05, 0) is 87.8 Å². The van der Waals surface area contributed by atoms with Crippen molar-refractivity contribution in [2.45, 2.75) is 108 Å². The van der Waals surface area contributed by atoms with E-state index in [0.29, 0.717) is 11.8 Å². The molecule has 1 aromatic carbocycles. The molecule has 1 aromatic rings. The van der Waals surface area contributed by atoms with Gasteiger partial charge in [-0.3, -0.25) is 4.90 Å². The molecule has 5 aliphatic carbocycles. The van der Waals surface area contributed by atoms with Crippen LogP contribution in [0.15, 0.2) is 12.1 Å². The van der Waals surface area contributed by atoms with Crippen molar-refractivity contribution in [3.05, 3.63) is 23.3 Å². The van der Waals surface area contributed by atoms with Crippen LogP contribution >= 0.6 is 12.4 Å². The lowest BCUT2D eigenvalue weighted by atomic mass is 9.33. The Hall–Kier alpha value is -1.01. The van der Waals surface area contributed by atoms with Crippen molar-refractivity contribution >= 4 is 12.4 Å². The highest BCUT2D eigenvalue weighted by Crippen LogP contribution is 2.77. The van der Waals surface area contributed by atoms with Crippen molar-refractivity contribution in [1.82, 2.24) is 4.90 Å². The molecular weight excluding hydrogens is 474 g/mol. The van der Waals surface area contributed by atoms with Gasteiger partial charge in [0, 0.05) is 42.0 Å². The van der Waals surface area contributed by atoms with Crippen LogP contribution in [0.25, 0.3) is 0 Å². The van der Waals surface area contributed by atoms with E-state index in [4.69, 9.17) is 9.47 Å². The van der Waals surface area contributed by atoms with Gasteiger partial charge >= 0.3 is 0 Å². The van der Waals surface area contributed by atoms with Gasteiger partial charge in [-0.2, -0.15) is 0 Å². The predicted molar refractivity (Wildman–Crippen MR) is 142 cm³/mol. The lowest BCUT2D eigenvalue weighted by molar-refractivity contribution is -0.304. The quantitative estimate of drug-likeness (QED) is 0.560. The molecule has 2 aliphatic heterocycles. The highest BCUT2D eigenvalue weighted by Gasteiger charge is 2.82. The first kappa shape index (κ1) is 25.3. The number of likely N-dealkylation sites (tertiary alicyclic amines) is 1. The summed E-state index contributed by atoms with van der Waals surface area (Å²) in [5.74, 6) is 1.83. The van der Waals surface area contributed by atoms with Crippen LogP contribution in [0.5, 0.6) is 11.5 Å². The van der Waals surface area contributed by atoms with Gasteiger partial charge in [-0.25, -0.2) is 0 Å². The van der Waals surface area contributed by atoms with Gasteiger partial charge < -0.3 is 19.7 Å². The second-order valence-electron chi connectivity index (χ2n) is 14.5. The number of benzene rings is 1. The molecule has 6 heteroatoms. The second-order valence-corrected chi connectivity index (χ2v) is 14.5. The van der Waals surface area contributed by atoms with Gasteiger partial charge in [-0.15, -0.1) is 12.4 Å². The molecule has 0 radical (unpaired) electrons. The van der Waals surface area contributed by atoms with Crippen molar-refractivity contribution in [3.63, 3.8) is 0 Å². The molecule has 7 atom stereocenters. The van der Waals surface area contributed by atoms with Gasteiger partial charge in [0.2, 0.25) is 0 Å². The largest absolute Gasteiger partial charge is 0.504 e. The minimum Gasteiger partial charge on any atom is -0.504 e. The topological polar surface area (TPSA) is 62.2 Å². The summed E-state index contributed by atoms with van der Waals surface area (Å²) in [7, 11) is 1.84. The van der Waals surface area contributed by atoms with Crippen LogP contribution in [-0.4, -0.2) is 58.7 Å². The van der Waals surface area contributed by atoms with Gasteiger partial charge in [-0.1, -0.05) is 26.8 Å². The summed E-state index contributed by atoms with van der Waals surface area (Å²) >= 11 is 0. The van der Waals surface area contributed by atoms with Crippen LogP contribution in [0, 0.1) is 22.7 Å². The molecule has 0 amide bonds. The number of aliphatic hydroxyl groups is 1. The summed E-state index contributed by atoms with van der Waals surface area (Å²) < 4.78 is 13.5. The monoisotopic (exact) mass is 517 g/mol. The zero-order chi connectivity index (χ0) is 24.6. The van der Waals surface area contributed by atoms with Crippen molar-refractivity contribution in [2.75, 3.05) is 20.2 Å². The molecule has 200 valence electrons. The minimum atomic E-state index is -0.862. The maximum atomic E-state index is 12.2. The molecule has 2 heterocycles. The third-order valence-electron chi connectivity index (χ3n) is 11.3. The molecular formula is C30H44ClNO4.